The van der Waals surface area contributed by atoms with Crippen molar-refractivity contribution in [2.24, 2.45) is 0 Å². The number of aryl methyl sites for hydroxylation is 1. The fraction of sp³-hybridized carbons (Fsp3) is 0.471. The van der Waals surface area contributed by atoms with Gasteiger partial charge in [0.15, 0.2) is 10.4 Å². The van der Waals surface area contributed by atoms with Crippen LogP contribution in [0.2, 0.25) is 0 Å². The summed E-state index contributed by atoms with van der Waals surface area (Å²) in [6, 6.07) is 6.08. The zero-order valence-corrected chi connectivity index (χ0v) is 16.3. The van der Waals surface area contributed by atoms with Crippen LogP contribution in [0.4, 0.5) is 5.13 Å². The number of anilines is 1. The number of benzene rings is 1. The minimum absolute atomic E-state index is 0.226. The Morgan fingerprint density at radius 3 is 2.75 bits per heavy atom. The highest BCUT2D eigenvalue weighted by molar-refractivity contribution is 8.01. The molecule has 0 spiro atoms. The summed E-state index contributed by atoms with van der Waals surface area (Å²) in [6.07, 6.45) is -0.615. The van der Waals surface area contributed by atoms with Gasteiger partial charge in [0.25, 0.3) is 5.91 Å². The van der Waals surface area contributed by atoms with Crippen molar-refractivity contribution in [2.75, 3.05) is 11.1 Å². The van der Waals surface area contributed by atoms with Crippen molar-refractivity contribution in [2.45, 2.75) is 51.0 Å². The summed E-state index contributed by atoms with van der Waals surface area (Å²) >= 11 is 2.98. The number of carbonyl (C=O) groups is 1. The number of carbonyl (C=O) groups excluding carboxylic acids is 1. The van der Waals surface area contributed by atoms with Gasteiger partial charge in [-0.25, -0.2) is 0 Å². The van der Waals surface area contributed by atoms with Crippen molar-refractivity contribution < 1.29 is 9.53 Å². The number of thioether (sulfide) groups is 1. The molecule has 24 heavy (non-hydrogen) atoms. The molecule has 0 aliphatic heterocycles. The minimum atomic E-state index is -0.615. The predicted molar refractivity (Wildman–Crippen MR) is 100 cm³/mol. The van der Waals surface area contributed by atoms with Crippen molar-refractivity contribution in [1.82, 2.24) is 10.2 Å². The molecule has 1 N–H and O–H groups in total. The number of hydrogen-bond acceptors (Lipinski definition) is 6. The van der Waals surface area contributed by atoms with Crippen LogP contribution in [0.3, 0.4) is 0 Å². The van der Waals surface area contributed by atoms with Gasteiger partial charge >= 0.3 is 0 Å². The van der Waals surface area contributed by atoms with E-state index in [-0.39, 0.29) is 5.91 Å². The van der Waals surface area contributed by atoms with E-state index >= 15 is 0 Å². The van der Waals surface area contributed by atoms with E-state index in [1.54, 1.807) is 18.7 Å². The molecule has 7 heteroatoms. The van der Waals surface area contributed by atoms with E-state index in [0.717, 1.165) is 27.0 Å². The number of rotatable bonds is 7. The zero-order chi connectivity index (χ0) is 17.7. The van der Waals surface area contributed by atoms with Crippen molar-refractivity contribution >= 4 is 34.1 Å². The summed E-state index contributed by atoms with van der Waals surface area (Å²) in [6.45, 7) is 10.0. The van der Waals surface area contributed by atoms with Crippen LogP contribution in [0.15, 0.2) is 22.5 Å². The van der Waals surface area contributed by atoms with Gasteiger partial charge in [0.05, 0.1) is 0 Å². The number of nitrogens with one attached hydrogen (secondary N) is 1. The Morgan fingerprint density at radius 1 is 1.33 bits per heavy atom. The maximum Gasteiger partial charge on any atom is 0.266 e. The Labute approximate surface area is 151 Å². The van der Waals surface area contributed by atoms with Gasteiger partial charge in [0.2, 0.25) is 5.13 Å². The van der Waals surface area contributed by atoms with Gasteiger partial charge in [-0.15, -0.1) is 10.2 Å². The van der Waals surface area contributed by atoms with Gasteiger partial charge in [-0.3, -0.25) is 10.1 Å². The Bertz CT molecular complexity index is 701. The molecule has 0 saturated carbocycles. The lowest BCUT2D eigenvalue weighted by molar-refractivity contribution is -0.122. The lowest BCUT2D eigenvalue weighted by Crippen LogP contribution is -2.30. The van der Waals surface area contributed by atoms with Crippen LogP contribution in [0.25, 0.3) is 0 Å². The maximum atomic E-state index is 12.3. The average molecular weight is 366 g/mol. The van der Waals surface area contributed by atoms with Crippen molar-refractivity contribution in [3.63, 3.8) is 0 Å². The SMILES string of the molecule is CCSc1nnc(NC(=O)C(C)Oc2cc(C)ccc2C(C)C)s1. The molecule has 2 rings (SSSR count). The molecule has 0 bridgehead atoms. The summed E-state index contributed by atoms with van der Waals surface area (Å²) < 4.78 is 6.76. The summed E-state index contributed by atoms with van der Waals surface area (Å²) in [5.74, 6) is 1.78. The molecule has 0 radical (unpaired) electrons. The van der Waals surface area contributed by atoms with E-state index in [9.17, 15) is 4.79 Å². The number of aromatic nitrogens is 2. The second-order valence-corrected chi connectivity index (χ2v) is 8.24. The first-order valence-electron chi connectivity index (χ1n) is 7.95. The monoisotopic (exact) mass is 365 g/mol. The summed E-state index contributed by atoms with van der Waals surface area (Å²) in [5, 5.41) is 11.3. The fourth-order valence-corrected chi connectivity index (χ4v) is 3.77. The molecular formula is C17H23N3O2S2. The lowest BCUT2D eigenvalue weighted by atomic mass is 10.0. The van der Waals surface area contributed by atoms with Crippen LogP contribution in [0.1, 0.15) is 44.7 Å². The molecule has 0 aliphatic rings. The number of amides is 1. The summed E-state index contributed by atoms with van der Waals surface area (Å²) in [5.41, 5.74) is 2.20. The average Bonchev–Trinajstić information content (AvgIpc) is 2.94. The predicted octanol–water partition coefficient (Wildman–Crippen LogP) is 4.49. The van der Waals surface area contributed by atoms with Gasteiger partial charge < -0.3 is 4.74 Å². The van der Waals surface area contributed by atoms with Gasteiger partial charge in [-0.2, -0.15) is 0 Å². The Kier molecular flexibility index (Phi) is 6.62. The van der Waals surface area contributed by atoms with Crippen LogP contribution in [-0.2, 0) is 4.79 Å². The number of hydrogen-bond donors (Lipinski definition) is 1. The molecule has 1 atom stereocenters. The fourth-order valence-electron chi connectivity index (χ4n) is 2.11. The highest BCUT2D eigenvalue weighted by atomic mass is 32.2. The molecule has 1 unspecified atom stereocenters. The molecule has 1 aromatic heterocycles. The summed E-state index contributed by atoms with van der Waals surface area (Å²) in [7, 11) is 0. The molecule has 0 aliphatic carbocycles. The number of nitrogens with zero attached hydrogens (tertiary/aromatic N) is 2. The van der Waals surface area contributed by atoms with Crippen LogP contribution in [0.5, 0.6) is 5.75 Å². The Balaban J connectivity index is 2.04. The highest BCUT2D eigenvalue weighted by Crippen LogP contribution is 2.29. The van der Waals surface area contributed by atoms with Gasteiger partial charge in [0.1, 0.15) is 5.75 Å². The first-order chi connectivity index (χ1) is 11.4. The quantitative estimate of drug-likeness (QED) is 0.578. The second-order valence-electron chi connectivity index (χ2n) is 5.75. The molecule has 130 valence electrons. The van der Waals surface area contributed by atoms with Crippen LogP contribution in [0, 0.1) is 6.92 Å². The standard InChI is InChI=1S/C17H23N3O2S2/c1-6-23-17-20-19-16(24-17)18-15(21)12(5)22-14-9-11(4)7-8-13(14)10(2)3/h7-10,12H,6H2,1-5H3,(H,18,19,21). The number of ether oxygens (including phenoxy) is 1. The van der Waals surface area contributed by atoms with E-state index in [2.05, 4.69) is 41.5 Å². The molecule has 1 heterocycles. The summed E-state index contributed by atoms with van der Waals surface area (Å²) in [4.78, 5) is 12.3. The third-order valence-electron chi connectivity index (χ3n) is 3.37. The van der Waals surface area contributed by atoms with Crippen molar-refractivity contribution in [3.8, 4) is 5.75 Å². The van der Waals surface area contributed by atoms with E-state index in [4.69, 9.17) is 4.74 Å². The molecular weight excluding hydrogens is 342 g/mol. The smallest absolute Gasteiger partial charge is 0.266 e. The molecule has 2 aromatic rings. The minimum Gasteiger partial charge on any atom is -0.481 e. The normalized spacial score (nSPS) is 12.2. The van der Waals surface area contributed by atoms with E-state index in [1.165, 1.54) is 11.3 Å². The first kappa shape index (κ1) is 18.7. The van der Waals surface area contributed by atoms with Gasteiger partial charge in [-0.05, 0) is 42.7 Å². The van der Waals surface area contributed by atoms with Crippen LogP contribution >= 0.6 is 23.1 Å². The molecule has 1 aromatic carbocycles. The lowest BCUT2D eigenvalue weighted by Gasteiger charge is -2.18. The van der Waals surface area contributed by atoms with E-state index < -0.39 is 6.10 Å². The second kappa shape index (κ2) is 8.48. The highest BCUT2D eigenvalue weighted by Gasteiger charge is 2.19. The molecule has 0 fully saturated rings. The zero-order valence-electron chi connectivity index (χ0n) is 14.6. The molecule has 1 amide bonds. The van der Waals surface area contributed by atoms with Crippen LogP contribution < -0.4 is 10.1 Å². The van der Waals surface area contributed by atoms with Gasteiger partial charge in [-0.1, -0.05) is 56.0 Å². The van der Waals surface area contributed by atoms with E-state index in [1.807, 2.05) is 19.9 Å². The Morgan fingerprint density at radius 2 is 2.08 bits per heavy atom. The third kappa shape index (κ3) is 4.95. The van der Waals surface area contributed by atoms with Crippen LogP contribution in [-0.4, -0.2) is 28.0 Å². The molecule has 5 nitrogen and oxygen atoms in total. The maximum absolute atomic E-state index is 12.3. The Hall–Kier alpha value is -1.60. The third-order valence-corrected chi connectivity index (χ3v) is 5.22. The van der Waals surface area contributed by atoms with Crippen molar-refractivity contribution in [1.29, 1.82) is 0 Å². The topological polar surface area (TPSA) is 64.1 Å². The van der Waals surface area contributed by atoms with Gasteiger partial charge in [0, 0.05) is 0 Å². The first-order valence-corrected chi connectivity index (χ1v) is 9.75. The molecule has 0 saturated heterocycles. The van der Waals surface area contributed by atoms with E-state index in [0.29, 0.717) is 11.0 Å². The largest absolute Gasteiger partial charge is 0.481 e. The van der Waals surface area contributed by atoms with Crippen molar-refractivity contribution in [3.05, 3.63) is 29.3 Å².